The van der Waals surface area contributed by atoms with Gasteiger partial charge in [0.1, 0.15) is 12.4 Å². The van der Waals surface area contributed by atoms with Crippen molar-refractivity contribution in [2.75, 3.05) is 5.73 Å². The van der Waals surface area contributed by atoms with E-state index in [1.165, 1.54) is 5.56 Å². The van der Waals surface area contributed by atoms with Gasteiger partial charge in [-0.1, -0.05) is 43.6 Å². The summed E-state index contributed by atoms with van der Waals surface area (Å²) in [5.41, 5.74) is 8.79. The number of nitrogens with two attached hydrogens (primary N) is 1. The van der Waals surface area contributed by atoms with Crippen molar-refractivity contribution >= 4 is 17.3 Å². The molecule has 0 spiro atoms. The average Bonchev–Trinajstić information content (AvgIpc) is 2.38. The SMILES string of the molecule is CC(C)c1ccc(OCc2ccc(Cl)cc2N)cc1. The lowest BCUT2D eigenvalue weighted by atomic mass is 10.0. The van der Waals surface area contributed by atoms with Crippen LogP contribution in [0.25, 0.3) is 0 Å². The minimum Gasteiger partial charge on any atom is -0.489 e. The predicted octanol–water partition coefficient (Wildman–Crippen LogP) is 4.62. The Kier molecular flexibility index (Phi) is 4.33. The number of benzene rings is 2. The Morgan fingerprint density at radius 1 is 1.11 bits per heavy atom. The predicted molar refractivity (Wildman–Crippen MR) is 80.7 cm³/mol. The largest absolute Gasteiger partial charge is 0.489 e. The molecule has 19 heavy (non-hydrogen) atoms. The Labute approximate surface area is 119 Å². The van der Waals surface area contributed by atoms with Crippen LogP contribution in [0, 0.1) is 0 Å². The summed E-state index contributed by atoms with van der Waals surface area (Å²) in [5.74, 6) is 1.37. The van der Waals surface area contributed by atoms with Gasteiger partial charge < -0.3 is 10.5 Å². The highest BCUT2D eigenvalue weighted by Gasteiger charge is 2.03. The van der Waals surface area contributed by atoms with Crippen LogP contribution in [0.15, 0.2) is 42.5 Å². The van der Waals surface area contributed by atoms with E-state index in [9.17, 15) is 0 Å². The zero-order valence-corrected chi connectivity index (χ0v) is 11.9. The molecule has 0 radical (unpaired) electrons. The lowest BCUT2D eigenvalue weighted by Gasteiger charge is -2.10. The molecule has 0 aliphatic carbocycles. The van der Waals surface area contributed by atoms with Crippen molar-refractivity contribution in [1.29, 1.82) is 0 Å². The fourth-order valence-corrected chi connectivity index (χ4v) is 1.99. The second kappa shape index (κ2) is 5.98. The maximum absolute atomic E-state index is 5.88. The summed E-state index contributed by atoms with van der Waals surface area (Å²) in [7, 11) is 0. The van der Waals surface area contributed by atoms with Crippen molar-refractivity contribution in [3.8, 4) is 5.75 Å². The molecule has 2 aromatic carbocycles. The van der Waals surface area contributed by atoms with E-state index < -0.39 is 0 Å². The van der Waals surface area contributed by atoms with Crippen LogP contribution in [-0.4, -0.2) is 0 Å². The van der Waals surface area contributed by atoms with Crippen molar-refractivity contribution < 1.29 is 4.74 Å². The maximum Gasteiger partial charge on any atom is 0.119 e. The summed E-state index contributed by atoms with van der Waals surface area (Å²) in [6, 6.07) is 13.6. The summed E-state index contributed by atoms with van der Waals surface area (Å²) < 4.78 is 5.72. The normalized spacial score (nSPS) is 10.7. The van der Waals surface area contributed by atoms with E-state index in [1.807, 2.05) is 24.3 Å². The highest BCUT2D eigenvalue weighted by Crippen LogP contribution is 2.22. The van der Waals surface area contributed by atoms with E-state index in [4.69, 9.17) is 22.1 Å². The first-order chi connectivity index (χ1) is 9.06. The lowest BCUT2D eigenvalue weighted by Crippen LogP contribution is -2.00. The second-order valence-corrected chi connectivity index (χ2v) is 5.29. The first-order valence-electron chi connectivity index (χ1n) is 6.33. The highest BCUT2D eigenvalue weighted by atomic mass is 35.5. The van der Waals surface area contributed by atoms with Gasteiger partial charge in [0, 0.05) is 16.3 Å². The van der Waals surface area contributed by atoms with Crippen molar-refractivity contribution in [3.05, 3.63) is 58.6 Å². The standard InChI is InChI=1S/C16H18ClNO/c1-11(2)12-4-7-15(8-5-12)19-10-13-3-6-14(17)9-16(13)18/h3-9,11H,10,18H2,1-2H3. The smallest absolute Gasteiger partial charge is 0.119 e. The maximum atomic E-state index is 5.88. The van der Waals surface area contributed by atoms with Crippen LogP contribution in [0.3, 0.4) is 0 Å². The van der Waals surface area contributed by atoms with E-state index in [0.717, 1.165) is 11.3 Å². The molecule has 2 rings (SSSR count). The molecular formula is C16H18ClNO. The number of halogens is 1. The molecule has 0 amide bonds. The fourth-order valence-electron chi connectivity index (χ4n) is 1.81. The van der Waals surface area contributed by atoms with Crippen molar-refractivity contribution in [2.24, 2.45) is 0 Å². The third-order valence-electron chi connectivity index (χ3n) is 3.05. The highest BCUT2D eigenvalue weighted by molar-refractivity contribution is 6.30. The molecule has 0 bridgehead atoms. The molecule has 0 saturated heterocycles. The first-order valence-corrected chi connectivity index (χ1v) is 6.70. The minimum atomic E-state index is 0.448. The van der Waals surface area contributed by atoms with Crippen LogP contribution >= 0.6 is 11.6 Å². The molecule has 2 aromatic rings. The Bertz CT molecular complexity index is 549. The van der Waals surface area contributed by atoms with Gasteiger partial charge in [0.05, 0.1) is 0 Å². The van der Waals surface area contributed by atoms with Gasteiger partial charge in [-0.15, -0.1) is 0 Å². The lowest BCUT2D eigenvalue weighted by molar-refractivity contribution is 0.307. The molecule has 0 heterocycles. The zero-order chi connectivity index (χ0) is 13.8. The van der Waals surface area contributed by atoms with Crippen LogP contribution in [0.2, 0.25) is 5.02 Å². The third-order valence-corrected chi connectivity index (χ3v) is 3.28. The van der Waals surface area contributed by atoms with E-state index in [2.05, 4.69) is 26.0 Å². The van der Waals surface area contributed by atoms with Crippen LogP contribution in [-0.2, 0) is 6.61 Å². The topological polar surface area (TPSA) is 35.2 Å². The molecule has 2 nitrogen and oxygen atoms in total. The van der Waals surface area contributed by atoms with Gasteiger partial charge in [-0.2, -0.15) is 0 Å². The summed E-state index contributed by atoms with van der Waals surface area (Å²) in [6.07, 6.45) is 0. The molecule has 0 saturated carbocycles. The molecule has 0 aliphatic rings. The van der Waals surface area contributed by atoms with Crippen LogP contribution in [0.4, 0.5) is 5.69 Å². The molecule has 0 aliphatic heterocycles. The van der Waals surface area contributed by atoms with Crippen LogP contribution in [0.5, 0.6) is 5.75 Å². The molecule has 0 unspecified atom stereocenters. The number of hydrogen-bond donors (Lipinski definition) is 1. The molecule has 0 fully saturated rings. The van der Waals surface area contributed by atoms with Crippen molar-refractivity contribution in [2.45, 2.75) is 26.4 Å². The number of hydrogen-bond acceptors (Lipinski definition) is 2. The molecule has 0 atom stereocenters. The summed E-state index contributed by atoms with van der Waals surface area (Å²) in [5, 5.41) is 0.641. The summed E-state index contributed by atoms with van der Waals surface area (Å²) >= 11 is 5.86. The number of ether oxygens (including phenoxy) is 1. The number of rotatable bonds is 4. The van der Waals surface area contributed by atoms with Crippen LogP contribution in [0.1, 0.15) is 30.9 Å². The Morgan fingerprint density at radius 2 is 1.79 bits per heavy atom. The molecule has 0 aromatic heterocycles. The van der Waals surface area contributed by atoms with E-state index >= 15 is 0 Å². The van der Waals surface area contributed by atoms with Crippen molar-refractivity contribution in [1.82, 2.24) is 0 Å². The molecule has 3 heteroatoms. The number of anilines is 1. The quantitative estimate of drug-likeness (QED) is 0.826. The Hall–Kier alpha value is -1.67. The molecular weight excluding hydrogens is 258 g/mol. The Balaban J connectivity index is 2.02. The monoisotopic (exact) mass is 275 g/mol. The van der Waals surface area contributed by atoms with Gasteiger partial charge in [-0.25, -0.2) is 0 Å². The van der Waals surface area contributed by atoms with E-state index in [0.29, 0.717) is 23.2 Å². The molecule has 2 N–H and O–H groups in total. The fraction of sp³-hybridized carbons (Fsp3) is 0.250. The van der Waals surface area contributed by atoms with Crippen LogP contribution < -0.4 is 10.5 Å². The first kappa shape index (κ1) is 13.8. The summed E-state index contributed by atoms with van der Waals surface area (Å²) in [6.45, 7) is 4.79. The minimum absolute atomic E-state index is 0.448. The third kappa shape index (κ3) is 3.65. The van der Waals surface area contributed by atoms with Gasteiger partial charge in [0.25, 0.3) is 0 Å². The zero-order valence-electron chi connectivity index (χ0n) is 11.2. The average molecular weight is 276 g/mol. The van der Waals surface area contributed by atoms with Gasteiger partial charge in [-0.3, -0.25) is 0 Å². The molecule has 100 valence electrons. The van der Waals surface area contributed by atoms with E-state index in [1.54, 1.807) is 6.07 Å². The van der Waals surface area contributed by atoms with Gasteiger partial charge >= 0.3 is 0 Å². The summed E-state index contributed by atoms with van der Waals surface area (Å²) in [4.78, 5) is 0. The van der Waals surface area contributed by atoms with Crippen molar-refractivity contribution in [3.63, 3.8) is 0 Å². The second-order valence-electron chi connectivity index (χ2n) is 4.86. The van der Waals surface area contributed by atoms with Gasteiger partial charge in [0.15, 0.2) is 0 Å². The number of nitrogen functional groups attached to an aromatic ring is 1. The van der Waals surface area contributed by atoms with E-state index in [-0.39, 0.29) is 0 Å². The van der Waals surface area contributed by atoms with Gasteiger partial charge in [0.2, 0.25) is 0 Å². The Morgan fingerprint density at radius 3 is 2.37 bits per heavy atom. The van der Waals surface area contributed by atoms with Gasteiger partial charge in [-0.05, 0) is 35.7 Å².